The second-order valence-corrected chi connectivity index (χ2v) is 5.74. The fourth-order valence-electron chi connectivity index (χ4n) is 2.13. The van der Waals surface area contributed by atoms with Crippen LogP contribution in [0.25, 0.3) is 0 Å². The van der Waals surface area contributed by atoms with Crippen molar-refractivity contribution in [2.45, 2.75) is 71.1 Å². The summed E-state index contributed by atoms with van der Waals surface area (Å²) < 4.78 is 0. The number of carboxylic acid groups (broad SMARTS) is 1. The lowest BCUT2D eigenvalue weighted by Crippen LogP contribution is -1.93. The number of rotatable bonds is 15. The van der Waals surface area contributed by atoms with Gasteiger partial charge in [0.15, 0.2) is 0 Å². The molecule has 2 heteroatoms. The van der Waals surface area contributed by atoms with Gasteiger partial charge < -0.3 is 5.11 Å². The summed E-state index contributed by atoms with van der Waals surface area (Å²) >= 11 is 0. The lowest BCUT2D eigenvalue weighted by Gasteiger charge is -1.96. The Kier molecular flexibility index (Phi) is 17.8. The number of carbonyl (C=O) groups is 1. The third-order valence-corrected chi connectivity index (χ3v) is 3.50. The lowest BCUT2D eigenvalue weighted by atomic mass is 10.1. The summed E-state index contributed by atoms with van der Waals surface area (Å²) in [5.41, 5.74) is 0. The molecule has 0 saturated carbocycles. The van der Waals surface area contributed by atoms with Crippen LogP contribution in [-0.2, 0) is 4.79 Å². The number of carboxylic acids is 1. The Morgan fingerprint density at radius 2 is 1.12 bits per heavy atom. The van der Waals surface area contributed by atoms with Gasteiger partial charge in [0, 0.05) is 6.42 Å². The molecule has 0 radical (unpaired) electrons. The molecule has 0 amide bonds. The van der Waals surface area contributed by atoms with Crippen LogP contribution in [0, 0.1) is 0 Å². The van der Waals surface area contributed by atoms with Crippen LogP contribution in [-0.4, -0.2) is 11.1 Å². The summed E-state index contributed by atoms with van der Waals surface area (Å²) in [7, 11) is 0. The summed E-state index contributed by atoms with van der Waals surface area (Å²) in [4.78, 5) is 10.4. The van der Waals surface area contributed by atoms with Crippen molar-refractivity contribution < 1.29 is 9.90 Å². The lowest BCUT2D eigenvalue weighted by molar-refractivity contribution is -0.137. The maximum absolute atomic E-state index is 10.4. The molecule has 0 rings (SSSR count). The van der Waals surface area contributed by atoms with Crippen molar-refractivity contribution in [3.05, 3.63) is 60.8 Å². The number of hydrogen-bond acceptors (Lipinski definition) is 1. The van der Waals surface area contributed by atoms with Crippen LogP contribution in [0.3, 0.4) is 0 Å². The first-order valence-corrected chi connectivity index (χ1v) is 9.20. The van der Waals surface area contributed by atoms with Crippen molar-refractivity contribution in [3.63, 3.8) is 0 Å². The molecule has 24 heavy (non-hydrogen) atoms. The van der Waals surface area contributed by atoms with Crippen molar-refractivity contribution in [2.24, 2.45) is 0 Å². The van der Waals surface area contributed by atoms with Gasteiger partial charge in [0.05, 0.1) is 0 Å². The van der Waals surface area contributed by atoms with E-state index in [1.54, 1.807) is 0 Å². The third-order valence-electron chi connectivity index (χ3n) is 3.50. The minimum atomic E-state index is -0.683. The Morgan fingerprint density at radius 3 is 1.62 bits per heavy atom. The maximum atomic E-state index is 10.4. The Morgan fingerprint density at radius 1 is 0.667 bits per heavy atom. The van der Waals surface area contributed by atoms with E-state index >= 15 is 0 Å². The topological polar surface area (TPSA) is 37.3 Å². The molecule has 0 aromatic heterocycles. The first kappa shape index (κ1) is 22.2. The molecule has 2 nitrogen and oxygen atoms in total. The first-order valence-electron chi connectivity index (χ1n) is 9.20. The Hall–Kier alpha value is -1.83. The van der Waals surface area contributed by atoms with E-state index in [4.69, 9.17) is 5.11 Å². The molecule has 0 fully saturated rings. The Bertz CT molecular complexity index is 425. The fraction of sp³-hybridized carbons (Fsp3) is 0.500. The smallest absolute Gasteiger partial charge is 0.303 e. The van der Waals surface area contributed by atoms with Crippen molar-refractivity contribution >= 4 is 5.97 Å². The van der Waals surface area contributed by atoms with E-state index in [2.05, 4.69) is 60.8 Å². The fourth-order valence-corrected chi connectivity index (χ4v) is 2.13. The zero-order chi connectivity index (χ0) is 17.7. The third kappa shape index (κ3) is 20.2. The van der Waals surface area contributed by atoms with Crippen molar-refractivity contribution in [3.8, 4) is 0 Å². The van der Waals surface area contributed by atoms with E-state index in [0.29, 0.717) is 6.42 Å². The van der Waals surface area contributed by atoms with Gasteiger partial charge >= 0.3 is 5.97 Å². The molecule has 0 spiro atoms. The first-order chi connectivity index (χ1) is 11.8. The highest BCUT2D eigenvalue weighted by atomic mass is 16.4. The van der Waals surface area contributed by atoms with Gasteiger partial charge in [-0.15, -0.1) is 0 Å². The van der Waals surface area contributed by atoms with E-state index in [9.17, 15) is 4.79 Å². The van der Waals surface area contributed by atoms with E-state index in [-0.39, 0.29) is 0 Å². The molecule has 0 aromatic carbocycles. The zero-order valence-electron chi connectivity index (χ0n) is 15.2. The number of allylic oxidation sites excluding steroid dienone is 10. The Balaban J connectivity index is 3.39. The molecule has 0 aliphatic rings. The van der Waals surface area contributed by atoms with Crippen LogP contribution in [0.4, 0.5) is 0 Å². The molecule has 0 heterocycles. The van der Waals surface area contributed by atoms with Gasteiger partial charge in [-0.3, -0.25) is 4.79 Å². The molecule has 0 aliphatic carbocycles. The van der Waals surface area contributed by atoms with Crippen molar-refractivity contribution in [1.29, 1.82) is 0 Å². The molecule has 0 bridgehead atoms. The summed E-state index contributed by atoms with van der Waals surface area (Å²) in [5.74, 6) is -0.683. The van der Waals surface area contributed by atoms with E-state index < -0.39 is 5.97 Å². The summed E-state index contributed by atoms with van der Waals surface area (Å²) in [6.45, 7) is 2.04. The van der Waals surface area contributed by atoms with E-state index in [0.717, 1.165) is 57.8 Å². The van der Waals surface area contributed by atoms with E-state index in [1.165, 1.54) is 0 Å². The molecule has 0 unspecified atom stereocenters. The number of aliphatic carboxylic acids is 1. The highest BCUT2D eigenvalue weighted by Gasteiger charge is 1.95. The highest BCUT2D eigenvalue weighted by Crippen LogP contribution is 2.06. The summed E-state index contributed by atoms with van der Waals surface area (Å²) in [5, 5.41) is 8.53. The second kappa shape index (κ2) is 19.2. The minimum absolute atomic E-state index is 0.307. The average Bonchev–Trinajstić information content (AvgIpc) is 2.56. The van der Waals surface area contributed by atoms with Crippen LogP contribution in [0.1, 0.15) is 71.1 Å². The van der Waals surface area contributed by atoms with Gasteiger partial charge in [-0.2, -0.15) is 0 Å². The quantitative estimate of drug-likeness (QED) is 0.265. The summed E-state index contributed by atoms with van der Waals surface area (Å²) in [6.07, 6.45) is 31.4. The minimum Gasteiger partial charge on any atom is -0.481 e. The summed E-state index contributed by atoms with van der Waals surface area (Å²) in [6, 6.07) is 0. The SMILES string of the molecule is CC=CCC=CCC=CCC=CCC=CCCCCCCC(=O)O. The van der Waals surface area contributed by atoms with Crippen molar-refractivity contribution in [2.75, 3.05) is 0 Å². The van der Waals surface area contributed by atoms with Crippen LogP contribution in [0.15, 0.2) is 60.8 Å². The number of unbranched alkanes of at least 4 members (excludes halogenated alkanes) is 4. The van der Waals surface area contributed by atoms with Gasteiger partial charge in [0.2, 0.25) is 0 Å². The molecule has 0 aromatic rings. The van der Waals surface area contributed by atoms with Crippen LogP contribution < -0.4 is 0 Å². The molecule has 0 aliphatic heterocycles. The zero-order valence-corrected chi connectivity index (χ0v) is 15.2. The van der Waals surface area contributed by atoms with E-state index in [1.807, 2.05) is 6.92 Å². The normalized spacial score (nSPS) is 12.7. The van der Waals surface area contributed by atoms with Crippen LogP contribution in [0.5, 0.6) is 0 Å². The maximum Gasteiger partial charge on any atom is 0.303 e. The molecule has 0 atom stereocenters. The second-order valence-electron chi connectivity index (χ2n) is 5.74. The predicted molar refractivity (Wildman–Crippen MR) is 105 cm³/mol. The van der Waals surface area contributed by atoms with Gasteiger partial charge in [0.25, 0.3) is 0 Å². The van der Waals surface area contributed by atoms with Crippen LogP contribution >= 0.6 is 0 Å². The highest BCUT2D eigenvalue weighted by molar-refractivity contribution is 5.66. The molecule has 1 N–H and O–H groups in total. The average molecular weight is 331 g/mol. The van der Waals surface area contributed by atoms with Gasteiger partial charge in [0.1, 0.15) is 0 Å². The predicted octanol–water partition coefficient (Wildman–Crippen LogP) is 6.77. The van der Waals surface area contributed by atoms with Crippen LogP contribution in [0.2, 0.25) is 0 Å². The molecule has 134 valence electrons. The molecular weight excluding hydrogens is 296 g/mol. The standard InChI is InChI=1S/C22H34O2/c1-2-3-4-5-6-7-8-9-10-11-12-13-14-15-16-17-18-19-20-21-22(23)24/h2-3,5-6,8-9,11-12,14-15H,4,7,10,13,16-21H2,1H3,(H,23,24). The van der Waals surface area contributed by atoms with Gasteiger partial charge in [-0.05, 0) is 51.9 Å². The molecular formula is C22H34O2. The van der Waals surface area contributed by atoms with Crippen molar-refractivity contribution in [1.82, 2.24) is 0 Å². The van der Waals surface area contributed by atoms with Gasteiger partial charge in [-0.1, -0.05) is 73.6 Å². The monoisotopic (exact) mass is 330 g/mol. The number of hydrogen-bond donors (Lipinski definition) is 1. The van der Waals surface area contributed by atoms with Gasteiger partial charge in [-0.25, -0.2) is 0 Å². The molecule has 0 saturated heterocycles. The Labute approximate surface area is 148 Å². The largest absolute Gasteiger partial charge is 0.481 e.